The van der Waals surface area contributed by atoms with Crippen LogP contribution in [0.15, 0.2) is 39.7 Å². The lowest BCUT2D eigenvalue weighted by Crippen LogP contribution is -2.46. The van der Waals surface area contributed by atoms with Crippen molar-refractivity contribution in [3.05, 3.63) is 51.6 Å². The molecular formula is C21H17ClN2O7S. The van der Waals surface area contributed by atoms with E-state index in [2.05, 4.69) is 0 Å². The Morgan fingerprint density at radius 2 is 1.91 bits per heavy atom. The number of amides is 3. The smallest absolute Gasteiger partial charge is 0.337 e. The normalized spacial score (nSPS) is 18.0. The molecule has 1 aromatic heterocycles. The van der Waals surface area contributed by atoms with E-state index in [1.54, 1.807) is 23.1 Å². The minimum absolute atomic E-state index is 0.0255. The number of ether oxygens (including phenoxy) is 1. The zero-order valence-corrected chi connectivity index (χ0v) is 18.1. The maximum absolute atomic E-state index is 12.7. The summed E-state index contributed by atoms with van der Waals surface area (Å²) in [7, 11) is 0. The highest BCUT2D eigenvalue weighted by molar-refractivity contribution is 8.18. The highest BCUT2D eigenvalue weighted by Crippen LogP contribution is 2.34. The maximum Gasteiger partial charge on any atom is 0.337 e. The van der Waals surface area contributed by atoms with E-state index in [0.717, 1.165) is 16.7 Å². The third kappa shape index (κ3) is 4.57. The van der Waals surface area contributed by atoms with Crippen LogP contribution in [0.4, 0.5) is 4.79 Å². The number of morpholine rings is 1. The number of imide groups is 1. The minimum Gasteiger partial charge on any atom is -0.478 e. The molecule has 0 radical (unpaired) electrons. The molecule has 0 bridgehead atoms. The van der Waals surface area contributed by atoms with Crippen LogP contribution in [0.25, 0.3) is 17.4 Å². The quantitative estimate of drug-likeness (QED) is 0.654. The van der Waals surface area contributed by atoms with Gasteiger partial charge in [0.1, 0.15) is 18.1 Å². The summed E-state index contributed by atoms with van der Waals surface area (Å²) in [5.41, 5.74) is 0.534. The summed E-state index contributed by atoms with van der Waals surface area (Å²) < 4.78 is 10.9. The van der Waals surface area contributed by atoms with Crippen molar-refractivity contribution in [2.45, 2.75) is 0 Å². The molecule has 4 rings (SSSR count). The lowest BCUT2D eigenvalue weighted by Gasteiger charge is -2.27. The summed E-state index contributed by atoms with van der Waals surface area (Å²) in [4.78, 5) is 51.1. The summed E-state index contributed by atoms with van der Waals surface area (Å²) >= 11 is 6.74. The van der Waals surface area contributed by atoms with Gasteiger partial charge in [-0.2, -0.15) is 0 Å². The average Bonchev–Trinajstić information content (AvgIpc) is 3.34. The predicted molar refractivity (Wildman–Crippen MR) is 116 cm³/mol. The van der Waals surface area contributed by atoms with Gasteiger partial charge in [0.15, 0.2) is 0 Å². The van der Waals surface area contributed by atoms with E-state index in [1.165, 1.54) is 18.2 Å². The van der Waals surface area contributed by atoms with Gasteiger partial charge >= 0.3 is 5.97 Å². The first-order valence-electron chi connectivity index (χ1n) is 9.57. The lowest BCUT2D eigenvalue weighted by molar-refractivity contribution is -0.139. The molecule has 166 valence electrons. The van der Waals surface area contributed by atoms with Crippen LogP contribution in [0.3, 0.4) is 0 Å². The van der Waals surface area contributed by atoms with Gasteiger partial charge in [-0.05, 0) is 36.0 Å². The fourth-order valence-electron chi connectivity index (χ4n) is 3.24. The van der Waals surface area contributed by atoms with Gasteiger partial charge in [-0.25, -0.2) is 4.79 Å². The Labute approximate surface area is 191 Å². The second-order valence-electron chi connectivity index (χ2n) is 6.96. The second kappa shape index (κ2) is 9.19. The highest BCUT2D eigenvalue weighted by atomic mass is 35.5. The summed E-state index contributed by atoms with van der Waals surface area (Å²) in [6, 6.07) is 7.66. The molecule has 0 saturated carbocycles. The van der Waals surface area contributed by atoms with Crippen LogP contribution in [-0.2, 0) is 14.3 Å². The van der Waals surface area contributed by atoms with Gasteiger partial charge in [-0.3, -0.25) is 19.3 Å². The van der Waals surface area contributed by atoms with Crippen LogP contribution < -0.4 is 0 Å². The van der Waals surface area contributed by atoms with E-state index < -0.39 is 17.1 Å². The molecular weight excluding hydrogens is 460 g/mol. The van der Waals surface area contributed by atoms with E-state index in [-0.39, 0.29) is 27.9 Å². The monoisotopic (exact) mass is 476 g/mol. The Morgan fingerprint density at radius 3 is 2.59 bits per heavy atom. The van der Waals surface area contributed by atoms with Crippen LogP contribution in [-0.4, -0.2) is 70.8 Å². The molecule has 2 fully saturated rings. The molecule has 3 heterocycles. The zero-order chi connectivity index (χ0) is 22.8. The highest BCUT2D eigenvalue weighted by Gasteiger charge is 2.37. The number of hydrogen-bond donors (Lipinski definition) is 1. The van der Waals surface area contributed by atoms with E-state index >= 15 is 0 Å². The van der Waals surface area contributed by atoms with Crippen LogP contribution in [0.2, 0.25) is 5.02 Å². The second-order valence-corrected chi connectivity index (χ2v) is 8.36. The Morgan fingerprint density at radius 1 is 1.16 bits per heavy atom. The maximum atomic E-state index is 12.7. The Hall–Kier alpha value is -3.08. The van der Waals surface area contributed by atoms with E-state index in [9.17, 15) is 19.2 Å². The van der Waals surface area contributed by atoms with Gasteiger partial charge < -0.3 is 19.2 Å². The van der Waals surface area contributed by atoms with Gasteiger partial charge in [0, 0.05) is 24.7 Å². The van der Waals surface area contributed by atoms with E-state index in [0.29, 0.717) is 43.4 Å². The number of carbonyl (C=O) groups excluding carboxylic acids is 3. The number of benzene rings is 1. The summed E-state index contributed by atoms with van der Waals surface area (Å²) in [6.07, 6.45) is 1.43. The Kier molecular flexibility index (Phi) is 6.35. The van der Waals surface area contributed by atoms with Crippen LogP contribution in [0.1, 0.15) is 16.1 Å². The number of rotatable bonds is 5. The van der Waals surface area contributed by atoms with Gasteiger partial charge in [0.25, 0.3) is 11.1 Å². The van der Waals surface area contributed by atoms with Crippen molar-refractivity contribution in [3.8, 4) is 11.3 Å². The van der Waals surface area contributed by atoms with Gasteiger partial charge in [0.2, 0.25) is 5.91 Å². The number of thioether (sulfide) groups is 1. The predicted octanol–water partition coefficient (Wildman–Crippen LogP) is 3.19. The number of halogens is 1. The minimum atomic E-state index is -1.13. The first kappa shape index (κ1) is 22.1. The third-order valence-electron chi connectivity index (χ3n) is 4.91. The van der Waals surface area contributed by atoms with Crippen LogP contribution in [0.5, 0.6) is 0 Å². The van der Waals surface area contributed by atoms with Crippen molar-refractivity contribution < 1.29 is 33.4 Å². The fraction of sp³-hybridized carbons (Fsp3) is 0.238. The average molecular weight is 477 g/mol. The number of furan rings is 1. The third-order valence-corrected chi connectivity index (χ3v) is 6.14. The molecule has 9 nitrogen and oxygen atoms in total. The van der Waals surface area contributed by atoms with Crippen molar-refractivity contribution in [1.29, 1.82) is 0 Å². The summed E-state index contributed by atoms with van der Waals surface area (Å²) in [6.45, 7) is 1.39. The molecule has 32 heavy (non-hydrogen) atoms. The topological polar surface area (TPSA) is 117 Å². The van der Waals surface area contributed by atoms with Crippen LogP contribution in [0, 0.1) is 0 Å². The number of carbonyl (C=O) groups is 4. The Bertz CT molecular complexity index is 1140. The molecule has 1 aromatic carbocycles. The van der Waals surface area contributed by atoms with Crippen molar-refractivity contribution in [2.75, 3.05) is 32.8 Å². The van der Waals surface area contributed by atoms with E-state index in [4.69, 9.17) is 25.9 Å². The Balaban J connectivity index is 1.48. The molecule has 0 aliphatic carbocycles. The largest absolute Gasteiger partial charge is 0.478 e. The van der Waals surface area contributed by atoms with Crippen molar-refractivity contribution in [3.63, 3.8) is 0 Å². The molecule has 2 aliphatic heterocycles. The van der Waals surface area contributed by atoms with Gasteiger partial charge in [-0.1, -0.05) is 17.7 Å². The van der Waals surface area contributed by atoms with Crippen LogP contribution >= 0.6 is 23.4 Å². The van der Waals surface area contributed by atoms with Crippen molar-refractivity contribution >= 4 is 52.5 Å². The molecule has 2 aliphatic rings. The number of hydrogen-bond acceptors (Lipinski definition) is 7. The standard InChI is InChI=1S/C21H17ClN2O7S/c22-15-9-12(1-3-14(15)20(27)28)16-4-2-13(31-16)10-17-19(26)24(21(29)32-17)11-18(25)23-5-7-30-8-6-23/h1-4,9-10H,5-8,11H2,(H,27,28)/b17-10-. The van der Waals surface area contributed by atoms with Gasteiger partial charge in [-0.15, -0.1) is 0 Å². The summed E-state index contributed by atoms with van der Waals surface area (Å²) in [5, 5.41) is 8.62. The van der Waals surface area contributed by atoms with Crippen molar-refractivity contribution in [1.82, 2.24) is 9.80 Å². The number of nitrogens with zero attached hydrogens (tertiary/aromatic N) is 2. The molecule has 3 amide bonds. The molecule has 1 N–H and O–H groups in total. The SMILES string of the molecule is O=C(O)c1ccc(-c2ccc(/C=C3\SC(=O)N(CC(=O)N4CCOCC4)C3=O)o2)cc1Cl. The van der Waals surface area contributed by atoms with E-state index in [1.807, 2.05) is 0 Å². The zero-order valence-electron chi connectivity index (χ0n) is 16.6. The summed E-state index contributed by atoms with van der Waals surface area (Å²) in [5.74, 6) is -1.27. The first-order chi connectivity index (χ1) is 15.3. The molecule has 0 atom stereocenters. The molecule has 11 heteroatoms. The molecule has 0 spiro atoms. The first-order valence-corrected chi connectivity index (χ1v) is 10.8. The fourth-order valence-corrected chi connectivity index (χ4v) is 4.32. The number of aromatic carboxylic acids is 1. The number of carboxylic acids is 1. The van der Waals surface area contributed by atoms with Gasteiger partial charge in [0.05, 0.1) is 28.7 Å². The molecule has 2 aromatic rings. The number of carboxylic acid groups (broad SMARTS) is 1. The molecule has 0 unspecified atom stereocenters. The molecule has 2 saturated heterocycles. The lowest BCUT2D eigenvalue weighted by atomic mass is 10.1. The van der Waals surface area contributed by atoms with Crippen molar-refractivity contribution in [2.24, 2.45) is 0 Å².